The fourth-order valence-electron chi connectivity index (χ4n) is 2.57. The van der Waals surface area contributed by atoms with Crippen molar-refractivity contribution in [3.05, 3.63) is 59.7 Å². The Balaban J connectivity index is 1.88. The zero-order valence-corrected chi connectivity index (χ0v) is 14.5. The number of benzene rings is 2. The molecule has 0 fully saturated rings. The van der Waals surface area contributed by atoms with Gasteiger partial charge in [0, 0.05) is 6.42 Å². The van der Waals surface area contributed by atoms with Crippen LogP contribution < -0.4 is 14.8 Å². The van der Waals surface area contributed by atoms with Crippen molar-refractivity contribution in [2.24, 2.45) is 0 Å². The number of hydrogen-bond acceptors (Lipinski definition) is 3. The first-order chi connectivity index (χ1) is 11.7. The maximum absolute atomic E-state index is 12.2. The monoisotopic (exact) mass is 327 g/mol. The molecule has 128 valence electrons. The molecule has 0 aromatic heterocycles. The standard InChI is InChI=1S/C20H25NO3/c1-4-19(16-8-12-18(24-3)13-9-16)21-20(22)14-7-15-5-10-17(23-2)11-6-15/h5-6,8-13,19H,4,7,14H2,1-3H3,(H,21,22). The minimum atomic E-state index is 0.0271. The van der Waals surface area contributed by atoms with Gasteiger partial charge in [-0.1, -0.05) is 31.2 Å². The van der Waals surface area contributed by atoms with Gasteiger partial charge in [-0.15, -0.1) is 0 Å². The van der Waals surface area contributed by atoms with E-state index in [1.165, 1.54) is 0 Å². The third kappa shape index (κ3) is 5.01. The lowest BCUT2D eigenvalue weighted by atomic mass is 10.0. The van der Waals surface area contributed by atoms with Crippen LogP contribution in [0.3, 0.4) is 0 Å². The van der Waals surface area contributed by atoms with Gasteiger partial charge in [0.15, 0.2) is 0 Å². The van der Waals surface area contributed by atoms with E-state index < -0.39 is 0 Å². The van der Waals surface area contributed by atoms with Crippen molar-refractivity contribution in [3.8, 4) is 11.5 Å². The van der Waals surface area contributed by atoms with Crippen LogP contribution in [0.1, 0.15) is 36.9 Å². The predicted molar refractivity (Wildman–Crippen MR) is 95.5 cm³/mol. The number of nitrogens with one attached hydrogen (secondary N) is 1. The van der Waals surface area contributed by atoms with Crippen LogP contribution in [-0.4, -0.2) is 20.1 Å². The maximum Gasteiger partial charge on any atom is 0.220 e. The van der Waals surface area contributed by atoms with Crippen molar-refractivity contribution < 1.29 is 14.3 Å². The van der Waals surface area contributed by atoms with Crippen molar-refractivity contribution in [2.75, 3.05) is 14.2 Å². The van der Waals surface area contributed by atoms with E-state index in [4.69, 9.17) is 9.47 Å². The Kier molecular flexibility index (Phi) is 6.67. The van der Waals surface area contributed by atoms with Crippen LogP contribution in [0.2, 0.25) is 0 Å². The number of rotatable bonds is 8. The van der Waals surface area contributed by atoms with E-state index in [0.29, 0.717) is 6.42 Å². The first kappa shape index (κ1) is 17.9. The molecule has 0 saturated carbocycles. The van der Waals surface area contributed by atoms with E-state index in [0.717, 1.165) is 35.5 Å². The average molecular weight is 327 g/mol. The Morgan fingerprint density at radius 2 is 1.50 bits per heavy atom. The maximum atomic E-state index is 12.2. The van der Waals surface area contributed by atoms with Crippen LogP contribution >= 0.6 is 0 Å². The molecular weight excluding hydrogens is 302 g/mol. The van der Waals surface area contributed by atoms with Gasteiger partial charge in [0.2, 0.25) is 5.91 Å². The van der Waals surface area contributed by atoms with Crippen LogP contribution in [0, 0.1) is 0 Å². The van der Waals surface area contributed by atoms with E-state index >= 15 is 0 Å². The molecule has 4 nitrogen and oxygen atoms in total. The Hall–Kier alpha value is -2.49. The number of ether oxygens (including phenoxy) is 2. The Bertz CT molecular complexity index is 635. The minimum Gasteiger partial charge on any atom is -0.497 e. The molecular formula is C20H25NO3. The Morgan fingerprint density at radius 3 is 2.00 bits per heavy atom. The lowest BCUT2D eigenvalue weighted by Crippen LogP contribution is -2.28. The van der Waals surface area contributed by atoms with Gasteiger partial charge in [-0.25, -0.2) is 0 Å². The normalized spacial score (nSPS) is 11.6. The second kappa shape index (κ2) is 8.96. The van der Waals surface area contributed by atoms with Crippen molar-refractivity contribution in [2.45, 2.75) is 32.2 Å². The highest BCUT2D eigenvalue weighted by Crippen LogP contribution is 2.20. The van der Waals surface area contributed by atoms with Crippen molar-refractivity contribution in [3.63, 3.8) is 0 Å². The van der Waals surface area contributed by atoms with Gasteiger partial charge in [0.25, 0.3) is 0 Å². The largest absolute Gasteiger partial charge is 0.497 e. The number of carbonyl (C=O) groups is 1. The summed E-state index contributed by atoms with van der Waals surface area (Å²) >= 11 is 0. The molecule has 0 aliphatic carbocycles. The van der Waals surface area contributed by atoms with E-state index in [-0.39, 0.29) is 11.9 Å². The molecule has 4 heteroatoms. The summed E-state index contributed by atoms with van der Waals surface area (Å²) in [7, 11) is 3.29. The summed E-state index contributed by atoms with van der Waals surface area (Å²) in [5, 5.41) is 3.11. The first-order valence-corrected chi connectivity index (χ1v) is 8.22. The smallest absolute Gasteiger partial charge is 0.220 e. The summed E-state index contributed by atoms with van der Waals surface area (Å²) in [6, 6.07) is 15.7. The molecule has 0 aliphatic rings. The number of carbonyl (C=O) groups excluding carboxylic acids is 1. The molecule has 0 saturated heterocycles. The van der Waals surface area contributed by atoms with Gasteiger partial charge in [-0.2, -0.15) is 0 Å². The SMILES string of the molecule is CCC(NC(=O)CCc1ccc(OC)cc1)c1ccc(OC)cc1. The Morgan fingerprint density at radius 1 is 0.958 bits per heavy atom. The molecule has 24 heavy (non-hydrogen) atoms. The summed E-state index contributed by atoms with van der Waals surface area (Å²) in [6.07, 6.45) is 2.04. The van der Waals surface area contributed by atoms with Crippen LogP contribution in [0.25, 0.3) is 0 Å². The molecule has 1 atom stereocenters. The number of methoxy groups -OCH3 is 2. The van der Waals surface area contributed by atoms with Crippen LogP contribution in [-0.2, 0) is 11.2 Å². The van der Waals surface area contributed by atoms with Crippen molar-refractivity contribution in [1.29, 1.82) is 0 Å². The second-order valence-electron chi connectivity index (χ2n) is 5.65. The zero-order chi connectivity index (χ0) is 17.4. The van der Waals surface area contributed by atoms with E-state index in [1.807, 2.05) is 48.5 Å². The van der Waals surface area contributed by atoms with Crippen molar-refractivity contribution in [1.82, 2.24) is 5.32 Å². The molecule has 1 unspecified atom stereocenters. The van der Waals surface area contributed by atoms with Gasteiger partial charge < -0.3 is 14.8 Å². The highest BCUT2D eigenvalue weighted by Gasteiger charge is 2.12. The van der Waals surface area contributed by atoms with Crippen LogP contribution in [0.15, 0.2) is 48.5 Å². The van der Waals surface area contributed by atoms with E-state index in [1.54, 1.807) is 14.2 Å². The molecule has 1 N–H and O–H groups in total. The van der Waals surface area contributed by atoms with Gasteiger partial charge in [0.1, 0.15) is 11.5 Å². The molecule has 2 aromatic rings. The number of aryl methyl sites for hydroxylation is 1. The molecule has 0 heterocycles. The average Bonchev–Trinajstić information content (AvgIpc) is 2.65. The van der Waals surface area contributed by atoms with E-state index in [9.17, 15) is 4.79 Å². The fourth-order valence-corrected chi connectivity index (χ4v) is 2.57. The highest BCUT2D eigenvalue weighted by atomic mass is 16.5. The fraction of sp³-hybridized carbons (Fsp3) is 0.350. The third-order valence-corrected chi connectivity index (χ3v) is 4.06. The zero-order valence-electron chi connectivity index (χ0n) is 14.5. The van der Waals surface area contributed by atoms with Gasteiger partial charge in [0.05, 0.1) is 20.3 Å². The van der Waals surface area contributed by atoms with Gasteiger partial charge >= 0.3 is 0 Å². The highest BCUT2D eigenvalue weighted by molar-refractivity contribution is 5.76. The van der Waals surface area contributed by atoms with Crippen LogP contribution in [0.4, 0.5) is 0 Å². The minimum absolute atomic E-state index is 0.0271. The molecule has 0 radical (unpaired) electrons. The molecule has 2 aromatic carbocycles. The first-order valence-electron chi connectivity index (χ1n) is 8.22. The lowest BCUT2D eigenvalue weighted by molar-refractivity contribution is -0.121. The molecule has 2 rings (SSSR count). The molecule has 0 aliphatic heterocycles. The number of hydrogen-bond donors (Lipinski definition) is 1. The third-order valence-electron chi connectivity index (χ3n) is 4.06. The summed E-state index contributed by atoms with van der Waals surface area (Å²) in [5.74, 6) is 1.71. The predicted octanol–water partition coefficient (Wildman–Crippen LogP) is 3.90. The van der Waals surface area contributed by atoms with Crippen LogP contribution in [0.5, 0.6) is 11.5 Å². The van der Waals surface area contributed by atoms with Gasteiger partial charge in [-0.05, 0) is 48.2 Å². The topological polar surface area (TPSA) is 47.6 Å². The molecule has 1 amide bonds. The summed E-state index contributed by atoms with van der Waals surface area (Å²) < 4.78 is 10.3. The molecule has 0 spiro atoms. The quantitative estimate of drug-likeness (QED) is 0.800. The Labute approximate surface area is 143 Å². The van der Waals surface area contributed by atoms with Gasteiger partial charge in [-0.3, -0.25) is 4.79 Å². The second-order valence-corrected chi connectivity index (χ2v) is 5.65. The van der Waals surface area contributed by atoms with Crippen molar-refractivity contribution >= 4 is 5.91 Å². The summed E-state index contributed by atoms with van der Waals surface area (Å²) in [4.78, 5) is 12.2. The summed E-state index contributed by atoms with van der Waals surface area (Å²) in [5.41, 5.74) is 2.22. The summed E-state index contributed by atoms with van der Waals surface area (Å²) in [6.45, 7) is 2.07. The number of amides is 1. The lowest BCUT2D eigenvalue weighted by Gasteiger charge is -2.18. The van der Waals surface area contributed by atoms with E-state index in [2.05, 4.69) is 12.2 Å². The molecule has 0 bridgehead atoms.